The number of unbranched alkanes of at least 4 members (excludes halogenated alkanes) is 34. The molecule has 0 aromatic heterocycles. The molecule has 0 aliphatic rings. The first-order chi connectivity index (χ1) is 47.9. The molecule has 8 heteroatoms. The summed E-state index contributed by atoms with van der Waals surface area (Å²) in [6.45, 7) is 8.93. The monoisotopic (exact) mass is 1320 g/mol. The van der Waals surface area contributed by atoms with E-state index in [9.17, 15) is 9.90 Å². The van der Waals surface area contributed by atoms with Crippen LogP contribution in [0.1, 0.15) is 302 Å². The lowest BCUT2D eigenvalue weighted by atomic mass is 10.1. The normalized spacial score (nSPS) is 11.3. The Morgan fingerprint density at radius 2 is 0.485 bits per heavy atom. The van der Waals surface area contributed by atoms with Crippen molar-refractivity contribution in [3.8, 4) is 46.3 Å². The highest BCUT2D eigenvalue weighted by Gasteiger charge is 2.07. The van der Waals surface area contributed by atoms with Crippen molar-refractivity contribution in [2.75, 3.05) is 39.6 Å². The largest absolute Gasteiger partial charge is 0.494 e. The lowest BCUT2D eigenvalue weighted by Gasteiger charge is -2.11. The molecule has 0 bridgehead atoms. The van der Waals surface area contributed by atoms with Crippen molar-refractivity contribution in [2.45, 2.75) is 258 Å². The Labute approximate surface area is 587 Å². The topological polar surface area (TPSA) is 92.7 Å². The van der Waals surface area contributed by atoms with Gasteiger partial charge in [-0.25, -0.2) is 4.79 Å². The van der Waals surface area contributed by atoms with Gasteiger partial charge in [-0.15, -0.1) is 0 Å². The van der Waals surface area contributed by atoms with Crippen molar-refractivity contribution in [3.05, 3.63) is 178 Å². The van der Waals surface area contributed by atoms with Crippen molar-refractivity contribution >= 4 is 30.3 Å². The molecule has 8 nitrogen and oxygen atoms in total. The van der Waals surface area contributed by atoms with E-state index in [0.29, 0.717) is 13.2 Å². The molecule has 0 aliphatic carbocycles. The molecule has 0 atom stereocenters. The van der Waals surface area contributed by atoms with E-state index in [1.807, 2.05) is 18.2 Å². The molecule has 0 fully saturated rings. The fraction of sp³-hybridized carbons (Fsp3) is 0.517. The van der Waals surface area contributed by atoms with Crippen LogP contribution in [-0.2, 0) is 0 Å². The fourth-order valence-electron chi connectivity index (χ4n) is 11.9. The second-order valence-electron chi connectivity index (χ2n) is 26.6. The first kappa shape index (κ1) is 78.6. The van der Waals surface area contributed by atoms with Crippen LogP contribution in [0.25, 0.3) is 24.3 Å². The number of carboxylic acid groups (broad SMARTS) is 1. The number of rotatable bonds is 57. The third kappa shape index (κ3) is 38.4. The van der Waals surface area contributed by atoms with E-state index in [1.54, 1.807) is 24.3 Å². The van der Waals surface area contributed by atoms with Gasteiger partial charge in [0.15, 0.2) is 0 Å². The molecule has 0 saturated carbocycles. The maximum atomic E-state index is 11.4. The molecule has 6 aromatic rings. The van der Waals surface area contributed by atoms with Gasteiger partial charge in [-0.2, -0.15) is 0 Å². The smallest absolute Gasteiger partial charge is 0.335 e. The highest BCUT2D eigenvalue weighted by molar-refractivity contribution is 5.87. The minimum atomic E-state index is -0.950. The number of hydrogen-bond acceptors (Lipinski definition) is 7. The van der Waals surface area contributed by atoms with Crippen molar-refractivity contribution in [2.24, 2.45) is 0 Å². The summed E-state index contributed by atoms with van der Waals surface area (Å²) in [5, 5.41) is 9.34. The molecule has 6 rings (SSSR count). The highest BCUT2D eigenvalue weighted by Crippen LogP contribution is 2.26. The van der Waals surface area contributed by atoms with E-state index >= 15 is 0 Å². The number of hydrogen-bond donors (Lipinski definition) is 1. The molecule has 6 aromatic carbocycles. The molecular formula is C89H122O8. The SMILES string of the molecule is CCCCCCCCCCCCOc1ccc(/C=C/c2ccc(OCCCCCCCCCCCOc3cc(C#Cc4ccc(C(=O)O)cc4)cc(OCCCCCCCCCCCOc4ccc(/C=C/c5ccc(OCCCCCCCCCCCC)cc5)cc4)c3)cc2)cc1. The van der Waals surface area contributed by atoms with Gasteiger partial charge in [0.2, 0.25) is 0 Å². The van der Waals surface area contributed by atoms with Crippen molar-refractivity contribution < 1.29 is 38.3 Å². The molecule has 0 unspecified atom stereocenters. The Hall–Kier alpha value is -7.37. The standard InChI is InChI=1S/C89H122O8/c1-3-5-7-9-11-13-17-23-29-35-67-92-83-59-49-77(50-60-83)41-43-79-53-63-85(64-54-79)94-69-37-31-25-19-15-21-27-33-39-71-96-87-73-81(46-45-76-47-57-82(58-48-76)89(90)91)74-88(75-87)97-72-40-34-28-22-16-20-26-32-38-70-95-86-65-55-80(56-66-86)44-42-78-51-61-84(62-52-78)93-68-36-30-24-18-14-12-10-8-6-4-2/h41-44,47-66,73-75H,3-40,67-72H2,1-2H3,(H,90,91)/b43-41+,44-42+. The molecule has 0 aliphatic heterocycles. The molecule has 0 heterocycles. The van der Waals surface area contributed by atoms with Gasteiger partial charge in [-0.3, -0.25) is 0 Å². The Kier molecular flexibility index (Phi) is 42.7. The van der Waals surface area contributed by atoms with Crippen LogP contribution in [0.5, 0.6) is 34.5 Å². The average Bonchev–Trinajstić information content (AvgIpc) is 1.89. The summed E-state index contributed by atoms with van der Waals surface area (Å²) in [4.78, 5) is 11.4. The lowest BCUT2D eigenvalue weighted by Crippen LogP contribution is -2.01. The van der Waals surface area contributed by atoms with Gasteiger partial charge in [-0.1, -0.05) is 304 Å². The molecule has 0 saturated heterocycles. The summed E-state index contributed by atoms with van der Waals surface area (Å²) in [5.41, 5.74) is 6.44. The molecule has 97 heavy (non-hydrogen) atoms. The van der Waals surface area contributed by atoms with Crippen LogP contribution in [0, 0.1) is 11.8 Å². The summed E-state index contributed by atoms with van der Waals surface area (Å²) in [6, 6.07) is 46.2. The van der Waals surface area contributed by atoms with Gasteiger partial charge in [-0.05, 0) is 146 Å². The van der Waals surface area contributed by atoms with Gasteiger partial charge >= 0.3 is 5.97 Å². The summed E-state index contributed by atoms with van der Waals surface area (Å²) in [7, 11) is 0. The van der Waals surface area contributed by atoms with Crippen LogP contribution >= 0.6 is 0 Å². The summed E-state index contributed by atoms with van der Waals surface area (Å²) >= 11 is 0. The van der Waals surface area contributed by atoms with Gasteiger partial charge in [0.05, 0.1) is 45.2 Å². The maximum absolute atomic E-state index is 11.4. The molecule has 526 valence electrons. The second kappa shape index (κ2) is 52.7. The second-order valence-corrected chi connectivity index (χ2v) is 26.6. The van der Waals surface area contributed by atoms with Crippen LogP contribution in [0.2, 0.25) is 0 Å². The van der Waals surface area contributed by atoms with Gasteiger partial charge < -0.3 is 33.5 Å². The van der Waals surface area contributed by atoms with Crippen LogP contribution in [0.15, 0.2) is 140 Å². The van der Waals surface area contributed by atoms with Crippen LogP contribution in [0.4, 0.5) is 0 Å². The van der Waals surface area contributed by atoms with Crippen molar-refractivity contribution in [1.29, 1.82) is 0 Å². The molecule has 0 amide bonds. The Morgan fingerprint density at radius 3 is 0.722 bits per heavy atom. The number of aromatic carboxylic acids is 1. The Bertz CT molecular complexity index is 2870. The number of ether oxygens (including phenoxy) is 6. The number of benzene rings is 6. The van der Waals surface area contributed by atoms with Gasteiger partial charge in [0.1, 0.15) is 34.5 Å². The molecule has 1 N–H and O–H groups in total. The third-order valence-corrected chi connectivity index (χ3v) is 18.0. The predicted octanol–water partition coefficient (Wildman–Crippen LogP) is 25.7. The van der Waals surface area contributed by atoms with E-state index in [2.05, 4.69) is 147 Å². The zero-order valence-corrected chi connectivity index (χ0v) is 60.0. The lowest BCUT2D eigenvalue weighted by molar-refractivity contribution is 0.0696. The summed E-state index contributed by atoms with van der Waals surface area (Å²) in [5.74, 6) is 10.8. The van der Waals surface area contributed by atoms with Crippen LogP contribution in [0.3, 0.4) is 0 Å². The molecule has 0 radical (unpaired) electrons. The summed E-state index contributed by atoms with van der Waals surface area (Å²) < 4.78 is 36.8. The van der Waals surface area contributed by atoms with Crippen molar-refractivity contribution in [3.63, 3.8) is 0 Å². The van der Waals surface area contributed by atoms with E-state index in [1.165, 1.54) is 193 Å². The first-order valence-corrected chi connectivity index (χ1v) is 38.5. The highest BCUT2D eigenvalue weighted by atomic mass is 16.5. The van der Waals surface area contributed by atoms with Gasteiger partial charge in [0, 0.05) is 17.2 Å². The van der Waals surface area contributed by atoms with Crippen LogP contribution < -0.4 is 28.4 Å². The predicted molar refractivity (Wildman–Crippen MR) is 409 cm³/mol. The van der Waals surface area contributed by atoms with E-state index in [0.717, 1.165) is 146 Å². The zero-order chi connectivity index (χ0) is 67.9. The molecule has 0 spiro atoms. The average molecular weight is 1320 g/mol. The van der Waals surface area contributed by atoms with Crippen LogP contribution in [-0.4, -0.2) is 50.7 Å². The minimum absolute atomic E-state index is 0.243. The summed E-state index contributed by atoms with van der Waals surface area (Å²) in [6.07, 6.45) is 56.5. The maximum Gasteiger partial charge on any atom is 0.335 e. The molecular weight excluding hydrogens is 1200 g/mol. The van der Waals surface area contributed by atoms with E-state index < -0.39 is 5.97 Å². The van der Waals surface area contributed by atoms with E-state index in [-0.39, 0.29) is 5.56 Å². The number of carbonyl (C=O) groups is 1. The fourth-order valence-corrected chi connectivity index (χ4v) is 11.9. The van der Waals surface area contributed by atoms with E-state index in [4.69, 9.17) is 28.4 Å². The van der Waals surface area contributed by atoms with Crippen molar-refractivity contribution in [1.82, 2.24) is 0 Å². The zero-order valence-electron chi connectivity index (χ0n) is 60.0. The quantitative estimate of drug-likeness (QED) is 0.0229. The Balaban J connectivity index is 0.748. The van der Waals surface area contributed by atoms with Gasteiger partial charge in [0.25, 0.3) is 0 Å². The first-order valence-electron chi connectivity index (χ1n) is 38.5. The minimum Gasteiger partial charge on any atom is -0.494 e. The Morgan fingerprint density at radius 1 is 0.268 bits per heavy atom. The third-order valence-electron chi connectivity index (χ3n) is 18.0. The number of carboxylic acids is 1.